The molecule has 7 nitrogen and oxygen atoms in total. The van der Waals surface area contributed by atoms with E-state index in [-0.39, 0.29) is 22.0 Å². The van der Waals surface area contributed by atoms with Gasteiger partial charge in [-0.2, -0.15) is 4.31 Å². The van der Waals surface area contributed by atoms with Gasteiger partial charge in [-0.3, -0.25) is 9.59 Å². The predicted octanol–water partition coefficient (Wildman–Crippen LogP) is 3.30. The van der Waals surface area contributed by atoms with E-state index in [1.807, 2.05) is 11.4 Å². The lowest BCUT2D eigenvalue weighted by Gasteiger charge is -2.26. The maximum Gasteiger partial charge on any atom is 0.311 e. The van der Waals surface area contributed by atoms with E-state index >= 15 is 0 Å². The largest absolute Gasteiger partial charge is 0.455 e. The zero-order valence-electron chi connectivity index (χ0n) is 15.6. The summed E-state index contributed by atoms with van der Waals surface area (Å²) in [5.74, 6) is -1.12. The van der Waals surface area contributed by atoms with Gasteiger partial charge in [-0.15, -0.1) is 11.3 Å². The normalized spacial score (nSPS) is 15.1. The number of piperidine rings is 1. The first kappa shape index (κ1) is 21.8. The van der Waals surface area contributed by atoms with Gasteiger partial charge in [0.15, 0.2) is 6.61 Å². The highest BCUT2D eigenvalue weighted by atomic mass is 35.5. The molecule has 156 valence electrons. The molecule has 0 aliphatic carbocycles. The van der Waals surface area contributed by atoms with Crippen LogP contribution in [0.2, 0.25) is 5.02 Å². The molecule has 0 spiro atoms. The molecule has 2 aromatic rings. The molecule has 1 aliphatic heterocycles. The lowest BCUT2D eigenvalue weighted by Crippen LogP contribution is -2.35. The second-order valence-corrected chi connectivity index (χ2v) is 9.95. The highest BCUT2D eigenvalue weighted by Gasteiger charge is 2.26. The standard InChI is InChI=1S/C19H21ClN2O5S2/c20-16-7-6-15(29(25,26)22-8-2-1-3-9-22)12-17(16)21-18(23)13-27-19(24)11-14-5-4-10-28-14/h4-7,10,12H,1-3,8-9,11,13H2,(H,21,23). The third-order valence-corrected chi connectivity index (χ3v) is 7.53. The Morgan fingerprint density at radius 3 is 2.62 bits per heavy atom. The van der Waals surface area contributed by atoms with Crippen molar-refractivity contribution in [2.45, 2.75) is 30.6 Å². The summed E-state index contributed by atoms with van der Waals surface area (Å²) < 4.78 is 32.0. The summed E-state index contributed by atoms with van der Waals surface area (Å²) in [4.78, 5) is 24.8. The van der Waals surface area contributed by atoms with E-state index in [4.69, 9.17) is 16.3 Å². The lowest BCUT2D eigenvalue weighted by atomic mass is 10.2. The van der Waals surface area contributed by atoms with Crippen molar-refractivity contribution in [3.05, 3.63) is 45.6 Å². The molecule has 2 heterocycles. The summed E-state index contributed by atoms with van der Waals surface area (Å²) in [6.07, 6.45) is 2.76. The highest BCUT2D eigenvalue weighted by Crippen LogP contribution is 2.28. The monoisotopic (exact) mass is 456 g/mol. The molecule has 0 unspecified atom stereocenters. The summed E-state index contributed by atoms with van der Waals surface area (Å²) in [7, 11) is -3.65. The molecule has 0 saturated carbocycles. The number of rotatable bonds is 7. The Kier molecular flexibility index (Phi) is 7.28. The molecule has 10 heteroatoms. The fourth-order valence-corrected chi connectivity index (χ4v) is 5.35. The molecule has 1 saturated heterocycles. The van der Waals surface area contributed by atoms with Crippen LogP contribution in [-0.4, -0.2) is 44.3 Å². The van der Waals surface area contributed by atoms with Crippen LogP contribution in [0.3, 0.4) is 0 Å². The van der Waals surface area contributed by atoms with Gasteiger partial charge in [-0.1, -0.05) is 24.1 Å². The van der Waals surface area contributed by atoms with Gasteiger partial charge >= 0.3 is 5.97 Å². The van der Waals surface area contributed by atoms with E-state index in [1.54, 1.807) is 6.07 Å². The molecule has 1 aromatic carbocycles. The van der Waals surface area contributed by atoms with Crippen molar-refractivity contribution >= 4 is 50.5 Å². The van der Waals surface area contributed by atoms with Crippen LogP contribution in [0.4, 0.5) is 5.69 Å². The van der Waals surface area contributed by atoms with E-state index in [9.17, 15) is 18.0 Å². The molecule has 1 aromatic heterocycles. The number of benzene rings is 1. The van der Waals surface area contributed by atoms with Crippen LogP contribution in [0.25, 0.3) is 0 Å². The number of ether oxygens (including phenoxy) is 1. The van der Waals surface area contributed by atoms with Crippen LogP contribution in [-0.2, 0) is 30.8 Å². The highest BCUT2D eigenvalue weighted by molar-refractivity contribution is 7.89. The molecule has 0 radical (unpaired) electrons. The van der Waals surface area contributed by atoms with Crippen molar-refractivity contribution in [3.63, 3.8) is 0 Å². The number of hydrogen-bond acceptors (Lipinski definition) is 6. The molecular formula is C19H21ClN2O5S2. The number of amides is 1. The van der Waals surface area contributed by atoms with Crippen LogP contribution in [0.5, 0.6) is 0 Å². The van der Waals surface area contributed by atoms with Gasteiger partial charge in [0.2, 0.25) is 10.0 Å². The first-order valence-corrected chi connectivity index (χ1v) is 11.8. The molecule has 0 atom stereocenters. The van der Waals surface area contributed by atoms with Gasteiger partial charge in [0.1, 0.15) is 0 Å². The number of nitrogens with one attached hydrogen (secondary N) is 1. The first-order valence-electron chi connectivity index (χ1n) is 9.14. The summed E-state index contributed by atoms with van der Waals surface area (Å²) in [5.41, 5.74) is 0.157. The third kappa shape index (κ3) is 5.79. The average molecular weight is 457 g/mol. The second-order valence-electron chi connectivity index (χ2n) is 6.57. The molecule has 3 rings (SSSR count). The van der Waals surface area contributed by atoms with Crippen molar-refractivity contribution in [3.8, 4) is 0 Å². The van der Waals surface area contributed by atoms with E-state index in [0.29, 0.717) is 13.1 Å². The second kappa shape index (κ2) is 9.71. The van der Waals surface area contributed by atoms with E-state index in [0.717, 1.165) is 24.1 Å². The Labute approximate surface area is 178 Å². The Morgan fingerprint density at radius 1 is 1.17 bits per heavy atom. The van der Waals surface area contributed by atoms with Crippen LogP contribution in [0.15, 0.2) is 40.6 Å². The average Bonchev–Trinajstić information content (AvgIpc) is 3.21. The number of nitrogens with zero attached hydrogens (tertiary/aromatic N) is 1. The molecule has 1 amide bonds. The predicted molar refractivity (Wildman–Crippen MR) is 112 cm³/mol. The van der Waals surface area contributed by atoms with Crippen molar-refractivity contribution in [1.29, 1.82) is 0 Å². The molecule has 29 heavy (non-hydrogen) atoms. The van der Waals surface area contributed by atoms with Crippen LogP contribution in [0, 0.1) is 0 Å². The quantitative estimate of drug-likeness (QED) is 0.645. The zero-order valence-corrected chi connectivity index (χ0v) is 18.0. The topological polar surface area (TPSA) is 92.8 Å². The molecular weight excluding hydrogens is 436 g/mol. The summed E-state index contributed by atoms with van der Waals surface area (Å²) >= 11 is 7.53. The van der Waals surface area contributed by atoms with Gasteiger partial charge in [0.25, 0.3) is 5.91 Å². The van der Waals surface area contributed by atoms with Crippen LogP contribution in [0.1, 0.15) is 24.1 Å². The van der Waals surface area contributed by atoms with Crippen molar-refractivity contribution in [2.75, 3.05) is 25.0 Å². The van der Waals surface area contributed by atoms with Gasteiger partial charge in [0, 0.05) is 18.0 Å². The maximum atomic E-state index is 12.8. The minimum Gasteiger partial charge on any atom is -0.455 e. The van der Waals surface area contributed by atoms with Crippen molar-refractivity contribution in [1.82, 2.24) is 4.31 Å². The van der Waals surface area contributed by atoms with Crippen LogP contribution < -0.4 is 5.32 Å². The number of sulfonamides is 1. The Morgan fingerprint density at radius 2 is 1.93 bits per heavy atom. The maximum absolute atomic E-state index is 12.8. The zero-order chi connectivity index (χ0) is 20.9. The van der Waals surface area contributed by atoms with E-state index < -0.39 is 28.5 Å². The molecule has 0 bridgehead atoms. The lowest BCUT2D eigenvalue weighted by molar-refractivity contribution is -0.146. The number of halogens is 1. The smallest absolute Gasteiger partial charge is 0.311 e. The minimum absolute atomic E-state index is 0.0637. The van der Waals surface area contributed by atoms with E-state index in [1.165, 1.54) is 33.8 Å². The minimum atomic E-state index is -3.65. The van der Waals surface area contributed by atoms with Gasteiger partial charge in [-0.25, -0.2) is 8.42 Å². The van der Waals surface area contributed by atoms with Crippen LogP contribution >= 0.6 is 22.9 Å². The van der Waals surface area contributed by atoms with Crippen molar-refractivity contribution < 1.29 is 22.7 Å². The fourth-order valence-electron chi connectivity index (χ4n) is 2.95. The van der Waals surface area contributed by atoms with Gasteiger partial charge in [0.05, 0.1) is 22.0 Å². The number of esters is 1. The number of hydrogen-bond donors (Lipinski definition) is 1. The van der Waals surface area contributed by atoms with Crippen molar-refractivity contribution in [2.24, 2.45) is 0 Å². The van der Waals surface area contributed by atoms with Gasteiger partial charge in [-0.05, 0) is 42.5 Å². The number of anilines is 1. The number of carbonyl (C=O) groups excluding carboxylic acids is 2. The SMILES string of the molecule is O=C(COC(=O)Cc1cccs1)Nc1cc(S(=O)(=O)N2CCCCC2)ccc1Cl. The molecule has 1 aliphatic rings. The summed E-state index contributed by atoms with van der Waals surface area (Å²) in [5, 5.41) is 4.56. The molecule has 1 N–H and O–H groups in total. The summed E-state index contributed by atoms with van der Waals surface area (Å²) in [6, 6.07) is 7.81. The number of carbonyl (C=O) groups is 2. The molecule has 1 fully saturated rings. The third-order valence-electron chi connectivity index (χ3n) is 4.43. The van der Waals surface area contributed by atoms with Gasteiger partial charge < -0.3 is 10.1 Å². The number of thiophene rings is 1. The summed E-state index contributed by atoms with van der Waals surface area (Å²) in [6.45, 7) is 0.476. The Balaban J connectivity index is 1.62. The Bertz CT molecular complexity index is 970. The van der Waals surface area contributed by atoms with E-state index in [2.05, 4.69) is 5.32 Å². The fraction of sp³-hybridized carbons (Fsp3) is 0.368. The first-order chi connectivity index (χ1) is 13.9. The Hall–Kier alpha value is -1.94.